The van der Waals surface area contributed by atoms with E-state index in [4.69, 9.17) is 5.73 Å². The molecular weight excluding hydrogens is 244 g/mol. The molecule has 6 heteroatoms. The predicted octanol–water partition coefficient (Wildman–Crippen LogP) is -0.606. The van der Waals surface area contributed by atoms with Crippen LogP contribution in [-0.2, 0) is 9.59 Å². The van der Waals surface area contributed by atoms with Crippen molar-refractivity contribution in [2.24, 2.45) is 5.73 Å². The third-order valence-corrected chi connectivity index (χ3v) is 3.36. The van der Waals surface area contributed by atoms with Crippen LogP contribution in [0, 0.1) is 0 Å². The van der Waals surface area contributed by atoms with E-state index in [1.807, 2.05) is 9.80 Å². The van der Waals surface area contributed by atoms with Gasteiger partial charge in [-0.05, 0) is 12.8 Å². The van der Waals surface area contributed by atoms with Gasteiger partial charge in [-0.1, -0.05) is 13.8 Å². The number of rotatable bonds is 7. The van der Waals surface area contributed by atoms with Gasteiger partial charge in [0, 0.05) is 32.7 Å². The number of nitrogens with two attached hydrogens (primary N) is 1. The number of nitrogens with zero attached hydrogens (tertiary/aromatic N) is 2. The van der Waals surface area contributed by atoms with E-state index in [2.05, 4.69) is 19.2 Å². The number of amides is 2. The number of carbonyl (C=O) groups excluding carboxylic acids is 2. The van der Waals surface area contributed by atoms with Gasteiger partial charge in [-0.25, -0.2) is 0 Å². The van der Waals surface area contributed by atoms with Crippen molar-refractivity contribution in [1.82, 2.24) is 15.1 Å². The minimum Gasteiger partial charge on any atom is -0.368 e. The van der Waals surface area contributed by atoms with Gasteiger partial charge >= 0.3 is 0 Å². The Morgan fingerprint density at radius 1 is 1.32 bits per heavy atom. The first-order valence-corrected chi connectivity index (χ1v) is 7.12. The topological polar surface area (TPSA) is 78.7 Å². The largest absolute Gasteiger partial charge is 0.368 e. The maximum Gasteiger partial charge on any atom is 0.236 e. The van der Waals surface area contributed by atoms with Crippen molar-refractivity contribution in [3.63, 3.8) is 0 Å². The molecule has 0 spiro atoms. The highest BCUT2D eigenvalue weighted by Gasteiger charge is 2.29. The first-order chi connectivity index (χ1) is 9.10. The molecule has 0 saturated carbocycles. The summed E-state index contributed by atoms with van der Waals surface area (Å²) in [6.07, 6.45) is 1.90. The molecule has 1 aliphatic heterocycles. The van der Waals surface area contributed by atoms with Crippen molar-refractivity contribution < 1.29 is 9.59 Å². The van der Waals surface area contributed by atoms with Gasteiger partial charge in [-0.3, -0.25) is 14.5 Å². The highest BCUT2D eigenvalue weighted by atomic mass is 16.2. The van der Waals surface area contributed by atoms with Gasteiger partial charge in [0.25, 0.3) is 0 Å². The third kappa shape index (κ3) is 4.80. The van der Waals surface area contributed by atoms with Crippen LogP contribution in [-0.4, -0.2) is 66.9 Å². The Morgan fingerprint density at radius 2 is 1.95 bits per heavy atom. The van der Waals surface area contributed by atoms with E-state index in [0.717, 1.165) is 32.5 Å². The Labute approximate surface area is 115 Å². The number of hydrogen-bond acceptors (Lipinski definition) is 4. The molecule has 1 atom stereocenters. The lowest BCUT2D eigenvalue weighted by Crippen LogP contribution is -2.59. The standard InChI is InChI=1S/C13H26N4O2/c1-3-6-16(7-4-2)12(18)10-17-8-5-15-9-11(17)13(14)19/h11,15H,3-10H2,1-2H3,(H2,14,19). The van der Waals surface area contributed by atoms with Crippen molar-refractivity contribution in [3.8, 4) is 0 Å². The molecular formula is C13H26N4O2. The van der Waals surface area contributed by atoms with E-state index >= 15 is 0 Å². The van der Waals surface area contributed by atoms with E-state index in [0.29, 0.717) is 13.1 Å². The highest BCUT2D eigenvalue weighted by molar-refractivity contribution is 5.82. The molecule has 1 fully saturated rings. The van der Waals surface area contributed by atoms with Gasteiger partial charge < -0.3 is 16.0 Å². The molecule has 1 aliphatic rings. The van der Waals surface area contributed by atoms with Crippen LogP contribution in [0.15, 0.2) is 0 Å². The lowest BCUT2D eigenvalue weighted by Gasteiger charge is -2.35. The molecule has 0 aromatic rings. The fraction of sp³-hybridized carbons (Fsp3) is 0.846. The van der Waals surface area contributed by atoms with Crippen LogP contribution in [0.5, 0.6) is 0 Å². The normalized spacial score (nSPS) is 20.2. The van der Waals surface area contributed by atoms with Crippen molar-refractivity contribution in [2.75, 3.05) is 39.3 Å². The molecule has 0 aromatic carbocycles. The second-order valence-electron chi connectivity index (χ2n) is 4.97. The summed E-state index contributed by atoms with van der Waals surface area (Å²) in [5, 5.41) is 3.13. The van der Waals surface area contributed by atoms with Crippen LogP contribution >= 0.6 is 0 Å². The van der Waals surface area contributed by atoms with E-state index in [9.17, 15) is 9.59 Å². The molecule has 6 nitrogen and oxygen atoms in total. The number of hydrogen-bond donors (Lipinski definition) is 2. The lowest BCUT2D eigenvalue weighted by atomic mass is 10.1. The molecule has 3 N–H and O–H groups in total. The maximum atomic E-state index is 12.3. The summed E-state index contributed by atoms with van der Waals surface area (Å²) in [4.78, 5) is 27.4. The second-order valence-corrected chi connectivity index (χ2v) is 4.97. The maximum absolute atomic E-state index is 12.3. The molecule has 0 bridgehead atoms. The zero-order valence-corrected chi connectivity index (χ0v) is 12.0. The SMILES string of the molecule is CCCN(CCC)C(=O)CN1CCNCC1C(N)=O. The number of carbonyl (C=O) groups is 2. The minimum absolute atomic E-state index is 0.0943. The first-order valence-electron chi connectivity index (χ1n) is 7.12. The fourth-order valence-electron chi connectivity index (χ4n) is 2.39. The van der Waals surface area contributed by atoms with Crippen LogP contribution in [0.1, 0.15) is 26.7 Å². The van der Waals surface area contributed by atoms with Gasteiger partial charge in [0.1, 0.15) is 6.04 Å². The third-order valence-electron chi connectivity index (χ3n) is 3.36. The number of nitrogens with one attached hydrogen (secondary N) is 1. The van der Waals surface area contributed by atoms with Crippen LogP contribution in [0.25, 0.3) is 0 Å². The van der Waals surface area contributed by atoms with Crippen LogP contribution in [0.3, 0.4) is 0 Å². The molecule has 19 heavy (non-hydrogen) atoms. The molecule has 110 valence electrons. The first kappa shape index (κ1) is 15.9. The summed E-state index contributed by atoms with van der Waals surface area (Å²) in [7, 11) is 0. The van der Waals surface area contributed by atoms with E-state index in [-0.39, 0.29) is 24.4 Å². The molecule has 0 radical (unpaired) electrons. The second kappa shape index (κ2) is 8.12. The Kier molecular flexibility index (Phi) is 6.80. The Bertz CT molecular complexity index is 303. The monoisotopic (exact) mass is 270 g/mol. The molecule has 0 aliphatic carbocycles. The van der Waals surface area contributed by atoms with E-state index in [1.165, 1.54) is 0 Å². The van der Waals surface area contributed by atoms with Crippen molar-refractivity contribution in [3.05, 3.63) is 0 Å². The lowest BCUT2D eigenvalue weighted by molar-refractivity contribution is -0.134. The quantitative estimate of drug-likeness (QED) is 0.647. The highest BCUT2D eigenvalue weighted by Crippen LogP contribution is 2.05. The van der Waals surface area contributed by atoms with Gasteiger partial charge in [0.05, 0.1) is 6.54 Å². The summed E-state index contributed by atoms with van der Waals surface area (Å²) in [5.74, 6) is -0.269. The van der Waals surface area contributed by atoms with Crippen LogP contribution < -0.4 is 11.1 Å². The zero-order chi connectivity index (χ0) is 14.3. The van der Waals surface area contributed by atoms with Crippen LogP contribution in [0.2, 0.25) is 0 Å². The Balaban J connectivity index is 2.59. The Hall–Kier alpha value is -1.14. The summed E-state index contributed by atoms with van der Waals surface area (Å²) in [6.45, 7) is 7.98. The Morgan fingerprint density at radius 3 is 2.47 bits per heavy atom. The van der Waals surface area contributed by atoms with Gasteiger partial charge in [0.2, 0.25) is 11.8 Å². The molecule has 1 heterocycles. The predicted molar refractivity (Wildman–Crippen MR) is 74.6 cm³/mol. The summed E-state index contributed by atoms with van der Waals surface area (Å²) >= 11 is 0. The molecule has 0 aromatic heterocycles. The molecule has 1 rings (SSSR count). The summed E-state index contributed by atoms with van der Waals surface area (Å²) in [5.41, 5.74) is 5.38. The fourth-order valence-corrected chi connectivity index (χ4v) is 2.39. The molecule has 1 unspecified atom stereocenters. The summed E-state index contributed by atoms with van der Waals surface area (Å²) < 4.78 is 0. The van der Waals surface area contributed by atoms with Gasteiger partial charge in [0.15, 0.2) is 0 Å². The van der Waals surface area contributed by atoms with E-state index < -0.39 is 0 Å². The van der Waals surface area contributed by atoms with Crippen molar-refractivity contribution >= 4 is 11.8 Å². The van der Waals surface area contributed by atoms with Crippen molar-refractivity contribution in [1.29, 1.82) is 0 Å². The van der Waals surface area contributed by atoms with Gasteiger partial charge in [-0.2, -0.15) is 0 Å². The summed E-state index contributed by atoms with van der Waals surface area (Å²) in [6, 6.07) is -0.372. The van der Waals surface area contributed by atoms with Crippen LogP contribution in [0.4, 0.5) is 0 Å². The van der Waals surface area contributed by atoms with Gasteiger partial charge in [-0.15, -0.1) is 0 Å². The molecule has 1 saturated heterocycles. The zero-order valence-electron chi connectivity index (χ0n) is 12.0. The molecule has 2 amide bonds. The average Bonchev–Trinajstić information content (AvgIpc) is 2.38. The average molecular weight is 270 g/mol. The number of primary amides is 1. The van der Waals surface area contributed by atoms with Crippen molar-refractivity contribution in [2.45, 2.75) is 32.7 Å². The number of piperazine rings is 1. The smallest absolute Gasteiger partial charge is 0.236 e. The van der Waals surface area contributed by atoms with E-state index in [1.54, 1.807) is 0 Å². The minimum atomic E-state index is -0.372.